The number of ether oxygens (including phenoxy) is 3. The van der Waals surface area contributed by atoms with E-state index in [1.807, 2.05) is 30.5 Å². The van der Waals surface area contributed by atoms with Crippen molar-refractivity contribution in [3.8, 4) is 0 Å². The van der Waals surface area contributed by atoms with Gasteiger partial charge in [-0.15, -0.1) is 24.5 Å². The highest BCUT2D eigenvalue weighted by molar-refractivity contribution is 7.11. The molecule has 1 aliphatic carbocycles. The largest absolute Gasteiger partial charge is 0.457 e. The van der Waals surface area contributed by atoms with Crippen LogP contribution in [0.2, 0.25) is 0 Å². The Balaban J connectivity index is 0.000000434. The number of ketones is 1. The first-order valence-electron chi connectivity index (χ1n) is 12.4. The molecule has 3 atom stereocenters. The first-order valence-corrected chi connectivity index (χ1v) is 13.3. The van der Waals surface area contributed by atoms with E-state index >= 15 is 0 Å². The van der Waals surface area contributed by atoms with Crippen molar-refractivity contribution in [1.82, 2.24) is 0 Å². The molecule has 3 rings (SSSR count). The molecule has 1 aliphatic heterocycles. The first kappa shape index (κ1) is 29.7. The van der Waals surface area contributed by atoms with Crippen LogP contribution in [0, 0.1) is 5.92 Å². The minimum absolute atomic E-state index is 0.0944. The lowest BCUT2D eigenvalue weighted by atomic mass is 9.80. The summed E-state index contributed by atoms with van der Waals surface area (Å²) in [5, 5.41) is 1.83. The third-order valence-electron chi connectivity index (χ3n) is 5.80. The zero-order valence-electron chi connectivity index (χ0n) is 22.3. The molecule has 0 amide bonds. The number of allylic oxidation sites excluding steroid dienone is 4. The molecule has 0 bridgehead atoms. The quantitative estimate of drug-likeness (QED) is 0.242. The standard InChI is InChI=1S/C21H24O5S.C9H16/c1-13(2)6-7-24-20-10-15(12-25-21(23)19-5-4-8-27-19)16-11-17(22)14(3)9-18(16)26-20;1-8(2)6-5-7-9(3)4/h4-5,8-10,16,18,20H,1,6-7,11-12H2,2-3H3;7H,1,5-6H2,2-4H3. The van der Waals surface area contributed by atoms with Gasteiger partial charge in [-0.3, -0.25) is 4.79 Å². The molecule has 0 saturated carbocycles. The highest BCUT2D eigenvalue weighted by atomic mass is 32.1. The summed E-state index contributed by atoms with van der Waals surface area (Å²) in [6.07, 6.45) is 8.53. The molecule has 196 valence electrons. The van der Waals surface area contributed by atoms with Crippen LogP contribution in [0.25, 0.3) is 0 Å². The fourth-order valence-electron chi connectivity index (χ4n) is 3.71. The van der Waals surface area contributed by atoms with Gasteiger partial charge in [-0.25, -0.2) is 4.79 Å². The maximum atomic E-state index is 12.2. The van der Waals surface area contributed by atoms with Crippen LogP contribution in [0.5, 0.6) is 0 Å². The predicted molar refractivity (Wildman–Crippen MR) is 147 cm³/mol. The molecule has 6 heteroatoms. The van der Waals surface area contributed by atoms with Crippen LogP contribution < -0.4 is 0 Å². The normalized spacial score (nSPS) is 20.7. The second-order valence-corrected chi connectivity index (χ2v) is 10.7. The Morgan fingerprint density at radius 1 is 1.17 bits per heavy atom. The lowest BCUT2D eigenvalue weighted by Gasteiger charge is -2.37. The zero-order chi connectivity index (χ0) is 26.7. The third-order valence-corrected chi connectivity index (χ3v) is 6.65. The van der Waals surface area contributed by atoms with Gasteiger partial charge >= 0.3 is 5.97 Å². The summed E-state index contributed by atoms with van der Waals surface area (Å²) in [4.78, 5) is 24.9. The molecule has 5 nitrogen and oxygen atoms in total. The first-order chi connectivity index (χ1) is 17.1. The Bertz CT molecular complexity index is 1010. The lowest BCUT2D eigenvalue weighted by molar-refractivity contribution is -0.153. The van der Waals surface area contributed by atoms with Crippen molar-refractivity contribution in [3.63, 3.8) is 0 Å². The molecule has 1 aromatic heterocycles. The van der Waals surface area contributed by atoms with Crippen LogP contribution in [0.4, 0.5) is 0 Å². The van der Waals surface area contributed by atoms with Crippen molar-refractivity contribution < 1.29 is 23.8 Å². The summed E-state index contributed by atoms with van der Waals surface area (Å²) in [7, 11) is 0. The Labute approximate surface area is 220 Å². The molecule has 2 aliphatic rings. The zero-order valence-corrected chi connectivity index (χ0v) is 23.1. The molecule has 0 N–H and O–H groups in total. The van der Waals surface area contributed by atoms with Crippen molar-refractivity contribution >= 4 is 23.1 Å². The molecule has 0 saturated heterocycles. The summed E-state index contributed by atoms with van der Waals surface area (Å²) >= 11 is 1.34. The lowest BCUT2D eigenvalue weighted by Crippen LogP contribution is -2.40. The van der Waals surface area contributed by atoms with Crippen molar-refractivity contribution in [1.29, 1.82) is 0 Å². The summed E-state index contributed by atoms with van der Waals surface area (Å²) in [5.41, 5.74) is 5.28. The second-order valence-electron chi connectivity index (χ2n) is 9.70. The molecule has 0 fully saturated rings. The maximum Gasteiger partial charge on any atom is 0.348 e. The van der Waals surface area contributed by atoms with Crippen molar-refractivity contribution in [2.75, 3.05) is 13.2 Å². The van der Waals surface area contributed by atoms with E-state index in [0.717, 1.165) is 30.4 Å². The SMILES string of the molecule is C=C(C)CCC=C(C)C.C=C(C)CCOC1C=C(COC(=O)c2cccs2)C2CC(=O)C(C)=CC2O1. The Morgan fingerprint density at radius 3 is 2.50 bits per heavy atom. The summed E-state index contributed by atoms with van der Waals surface area (Å²) < 4.78 is 17.3. The van der Waals surface area contributed by atoms with Crippen molar-refractivity contribution in [2.24, 2.45) is 5.92 Å². The number of hydrogen-bond acceptors (Lipinski definition) is 6. The summed E-state index contributed by atoms with van der Waals surface area (Å²) in [5.74, 6) is -0.391. The van der Waals surface area contributed by atoms with Crippen LogP contribution >= 0.6 is 11.3 Å². The Morgan fingerprint density at radius 2 is 1.89 bits per heavy atom. The maximum absolute atomic E-state index is 12.2. The average Bonchev–Trinajstić information content (AvgIpc) is 3.33. The van der Waals surface area contributed by atoms with Crippen LogP contribution in [0.15, 0.2) is 76.8 Å². The number of hydrogen-bond donors (Lipinski definition) is 0. The van der Waals surface area contributed by atoms with Gasteiger partial charge in [0.25, 0.3) is 0 Å². The Hall–Kier alpha value is -2.54. The van der Waals surface area contributed by atoms with Gasteiger partial charge in [0.15, 0.2) is 12.1 Å². The Kier molecular flexibility index (Phi) is 12.3. The highest BCUT2D eigenvalue weighted by Gasteiger charge is 2.37. The smallest absolute Gasteiger partial charge is 0.348 e. The molecule has 2 heterocycles. The van der Waals surface area contributed by atoms with Crippen LogP contribution in [0.3, 0.4) is 0 Å². The van der Waals surface area contributed by atoms with E-state index in [1.165, 1.54) is 22.5 Å². The summed E-state index contributed by atoms with van der Waals surface area (Å²) in [6, 6.07) is 3.54. The van der Waals surface area contributed by atoms with Crippen LogP contribution in [-0.2, 0) is 19.0 Å². The van der Waals surface area contributed by atoms with E-state index < -0.39 is 6.29 Å². The number of carbonyl (C=O) groups is 2. The highest BCUT2D eigenvalue weighted by Crippen LogP contribution is 2.35. The van der Waals surface area contributed by atoms with Crippen molar-refractivity contribution in [2.45, 2.75) is 72.7 Å². The number of thiophene rings is 1. The van der Waals surface area contributed by atoms with E-state index in [0.29, 0.717) is 23.5 Å². The average molecular weight is 513 g/mol. The van der Waals surface area contributed by atoms with Gasteiger partial charge in [0.05, 0.1) is 12.7 Å². The number of esters is 1. The van der Waals surface area contributed by atoms with Gasteiger partial charge in [-0.05, 0) is 88.6 Å². The van der Waals surface area contributed by atoms with Gasteiger partial charge in [0.1, 0.15) is 11.5 Å². The monoisotopic (exact) mass is 512 g/mol. The van der Waals surface area contributed by atoms with Gasteiger partial charge in [-0.1, -0.05) is 28.9 Å². The van der Waals surface area contributed by atoms with E-state index in [4.69, 9.17) is 14.2 Å². The molecular weight excluding hydrogens is 472 g/mol. The number of fused-ring (bicyclic) bond motifs is 1. The van der Waals surface area contributed by atoms with E-state index in [-0.39, 0.29) is 30.4 Å². The number of carbonyl (C=O) groups excluding carboxylic acids is 2. The predicted octanol–water partition coefficient (Wildman–Crippen LogP) is 7.38. The molecule has 0 spiro atoms. The molecule has 0 radical (unpaired) electrons. The second kappa shape index (κ2) is 14.9. The molecule has 36 heavy (non-hydrogen) atoms. The van der Waals surface area contributed by atoms with E-state index in [2.05, 4.69) is 40.0 Å². The molecule has 0 aromatic carbocycles. The molecule has 3 unspecified atom stereocenters. The van der Waals surface area contributed by atoms with Gasteiger partial charge < -0.3 is 14.2 Å². The van der Waals surface area contributed by atoms with Gasteiger partial charge in [-0.2, -0.15) is 0 Å². The number of rotatable bonds is 10. The van der Waals surface area contributed by atoms with Crippen molar-refractivity contribution in [3.05, 3.63) is 81.6 Å². The van der Waals surface area contributed by atoms with Crippen LogP contribution in [0.1, 0.15) is 70.0 Å². The molecular formula is C30H40O5S. The minimum atomic E-state index is -0.529. The minimum Gasteiger partial charge on any atom is -0.457 e. The van der Waals surface area contributed by atoms with E-state index in [1.54, 1.807) is 13.0 Å². The van der Waals surface area contributed by atoms with Gasteiger partial charge in [0.2, 0.25) is 0 Å². The number of Topliss-reactive ketones (excluding diaryl/α,β-unsaturated/α-hetero) is 1. The fraction of sp³-hybridized carbons (Fsp3) is 0.467. The third kappa shape index (κ3) is 10.2. The summed E-state index contributed by atoms with van der Waals surface area (Å²) in [6.45, 7) is 18.4. The fourth-order valence-corrected chi connectivity index (χ4v) is 4.33. The van der Waals surface area contributed by atoms with Crippen LogP contribution in [-0.4, -0.2) is 37.4 Å². The van der Waals surface area contributed by atoms with E-state index in [9.17, 15) is 9.59 Å². The topological polar surface area (TPSA) is 61.8 Å². The van der Waals surface area contributed by atoms with Gasteiger partial charge in [0, 0.05) is 12.3 Å². The molecule has 1 aromatic rings.